The third-order valence-corrected chi connectivity index (χ3v) is 11.0. The number of alkyl halides is 4. The minimum atomic E-state index is -4.49. The molecule has 3 aromatic carbocycles. The van der Waals surface area contributed by atoms with E-state index in [0.717, 1.165) is 15.8 Å². The molecule has 9 nitrogen and oxygen atoms in total. The van der Waals surface area contributed by atoms with Crippen LogP contribution in [0.4, 0.5) is 22.7 Å². The van der Waals surface area contributed by atoms with Crippen molar-refractivity contribution >= 4 is 38.3 Å². The van der Waals surface area contributed by atoms with Crippen LogP contribution in [0.1, 0.15) is 47.4 Å². The maximum Gasteiger partial charge on any atom is 0.391 e. The van der Waals surface area contributed by atoms with E-state index in [2.05, 4.69) is 14.7 Å². The Labute approximate surface area is 285 Å². The Bertz CT molecular complexity index is 1780. The Kier molecular flexibility index (Phi) is 11.3. The van der Waals surface area contributed by atoms with Crippen LogP contribution in [0.5, 0.6) is 17.2 Å². The van der Waals surface area contributed by atoms with E-state index < -0.39 is 33.3 Å². The SMILES string of the molecule is COc1ccc(CN(c2ncns2)S(=O)(=O)c2ccc3c(c2)OCC[C@@H]3NCCC(CC(Cl)c2ccc(F)cc2)C(F)(F)F)c(OC)c1. The lowest BCUT2D eigenvalue weighted by atomic mass is 9.94. The monoisotopic (exact) mass is 728 g/mol. The van der Waals surface area contributed by atoms with Crippen molar-refractivity contribution < 1.29 is 40.2 Å². The van der Waals surface area contributed by atoms with Crippen molar-refractivity contribution in [3.63, 3.8) is 0 Å². The molecule has 2 unspecified atom stereocenters. The van der Waals surface area contributed by atoms with Crippen LogP contribution in [0.25, 0.3) is 0 Å². The summed E-state index contributed by atoms with van der Waals surface area (Å²) in [4.78, 5) is 4.08. The molecule has 0 radical (unpaired) electrons. The number of anilines is 1. The first-order chi connectivity index (χ1) is 22.9. The summed E-state index contributed by atoms with van der Waals surface area (Å²) >= 11 is 7.22. The van der Waals surface area contributed by atoms with Crippen LogP contribution < -0.4 is 23.8 Å². The number of sulfonamides is 1. The molecule has 3 atom stereocenters. The standard InChI is InChI=1S/C32H33ClF4N4O5S2/c1-44-24-8-5-21(29(16-24)45-2)18-41(31-39-19-40-47-31)48(42,43)25-9-10-26-28(12-14-46-30(26)17-25)38-13-11-22(32(35,36)37)15-27(33)20-3-6-23(34)7-4-20/h3-10,16-17,19,22,27-28,38H,11-15,18H2,1-2H3/t22?,27?,28-/m0/s1. The van der Waals surface area contributed by atoms with Gasteiger partial charge in [0.2, 0.25) is 5.13 Å². The quantitative estimate of drug-likeness (QED) is 0.106. The molecule has 4 aromatic rings. The molecule has 1 aliphatic rings. The Morgan fingerprint density at radius 1 is 1.10 bits per heavy atom. The molecule has 0 saturated carbocycles. The zero-order valence-corrected chi connectivity index (χ0v) is 28.3. The number of methoxy groups -OCH3 is 2. The van der Waals surface area contributed by atoms with E-state index in [9.17, 15) is 26.0 Å². The fourth-order valence-electron chi connectivity index (χ4n) is 5.44. The first-order valence-electron chi connectivity index (χ1n) is 14.9. The Morgan fingerprint density at radius 2 is 1.88 bits per heavy atom. The van der Waals surface area contributed by atoms with Crippen LogP contribution >= 0.6 is 23.1 Å². The smallest absolute Gasteiger partial charge is 0.391 e. The molecule has 0 spiro atoms. The van der Waals surface area contributed by atoms with Crippen molar-refractivity contribution in [2.24, 2.45) is 5.92 Å². The van der Waals surface area contributed by atoms with Gasteiger partial charge in [-0.1, -0.05) is 18.2 Å². The second kappa shape index (κ2) is 15.3. The van der Waals surface area contributed by atoms with Gasteiger partial charge in [0.25, 0.3) is 10.0 Å². The van der Waals surface area contributed by atoms with Crippen LogP contribution in [-0.2, 0) is 16.6 Å². The summed E-state index contributed by atoms with van der Waals surface area (Å²) in [5.74, 6) is -0.919. The second-order valence-electron chi connectivity index (χ2n) is 11.0. The predicted molar refractivity (Wildman–Crippen MR) is 174 cm³/mol. The number of nitrogens with one attached hydrogen (secondary N) is 1. The molecule has 0 fully saturated rings. The number of nitrogens with zero attached hydrogens (tertiary/aromatic N) is 3. The van der Waals surface area contributed by atoms with Gasteiger partial charge in [-0.05, 0) is 55.3 Å². The van der Waals surface area contributed by atoms with Crippen molar-refractivity contribution in [2.45, 2.75) is 48.3 Å². The molecule has 0 amide bonds. The van der Waals surface area contributed by atoms with Gasteiger partial charge in [-0.25, -0.2) is 22.1 Å². The highest BCUT2D eigenvalue weighted by molar-refractivity contribution is 7.93. The number of halogens is 5. The van der Waals surface area contributed by atoms with Gasteiger partial charge in [0, 0.05) is 47.3 Å². The van der Waals surface area contributed by atoms with Gasteiger partial charge in [0.15, 0.2) is 0 Å². The average molecular weight is 729 g/mol. The molecule has 0 saturated heterocycles. The minimum absolute atomic E-state index is 0.0237. The van der Waals surface area contributed by atoms with E-state index >= 15 is 0 Å². The van der Waals surface area contributed by atoms with Crippen molar-refractivity contribution in [3.05, 3.63) is 89.5 Å². The van der Waals surface area contributed by atoms with Crippen molar-refractivity contribution in [2.75, 3.05) is 31.7 Å². The molecule has 0 bridgehead atoms. The van der Waals surface area contributed by atoms with Crippen molar-refractivity contribution in [3.8, 4) is 17.2 Å². The normalized spacial score (nSPS) is 16.0. The summed E-state index contributed by atoms with van der Waals surface area (Å²) in [6.07, 6.45) is -3.35. The summed E-state index contributed by atoms with van der Waals surface area (Å²) in [7, 11) is -1.22. The van der Waals surface area contributed by atoms with Gasteiger partial charge in [-0.2, -0.15) is 17.5 Å². The molecular weight excluding hydrogens is 696 g/mol. The summed E-state index contributed by atoms with van der Waals surface area (Å²) in [5, 5.41) is 2.39. The molecule has 1 N–H and O–H groups in total. The van der Waals surface area contributed by atoms with E-state index in [-0.39, 0.29) is 48.6 Å². The molecule has 2 heterocycles. The van der Waals surface area contributed by atoms with Gasteiger partial charge in [-0.15, -0.1) is 11.6 Å². The average Bonchev–Trinajstić information content (AvgIpc) is 3.61. The summed E-state index contributed by atoms with van der Waals surface area (Å²) in [5.41, 5.74) is 1.60. The number of hydrogen-bond donors (Lipinski definition) is 1. The first-order valence-corrected chi connectivity index (χ1v) is 17.5. The molecule has 258 valence electrons. The van der Waals surface area contributed by atoms with E-state index in [1.807, 2.05) is 0 Å². The second-order valence-corrected chi connectivity index (χ2v) is 14.2. The van der Waals surface area contributed by atoms with E-state index in [1.165, 1.54) is 56.9 Å². The molecule has 1 aliphatic heterocycles. The van der Waals surface area contributed by atoms with Crippen molar-refractivity contribution in [1.29, 1.82) is 0 Å². The van der Waals surface area contributed by atoms with Gasteiger partial charge < -0.3 is 19.5 Å². The lowest BCUT2D eigenvalue weighted by Crippen LogP contribution is -2.33. The molecule has 1 aromatic heterocycles. The highest BCUT2D eigenvalue weighted by Gasteiger charge is 2.40. The van der Waals surface area contributed by atoms with Crippen LogP contribution in [0.15, 0.2) is 71.9 Å². The highest BCUT2D eigenvalue weighted by atomic mass is 35.5. The van der Waals surface area contributed by atoms with Gasteiger partial charge in [0.05, 0.1) is 43.6 Å². The summed E-state index contributed by atoms with van der Waals surface area (Å²) in [6.45, 7) is 0.141. The lowest BCUT2D eigenvalue weighted by molar-refractivity contribution is -0.178. The summed E-state index contributed by atoms with van der Waals surface area (Å²) < 4.78 is 105. The number of hydrogen-bond acceptors (Lipinski definition) is 9. The van der Waals surface area contributed by atoms with E-state index in [4.69, 9.17) is 25.8 Å². The number of ether oxygens (including phenoxy) is 3. The Hall–Kier alpha value is -3.66. The van der Waals surface area contributed by atoms with Crippen LogP contribution in [0, 0.1) is 11.7 Å². The highest BCUT2D eigenvalue weighted by Crippen LogP contribution is 2.40. The molecule has 16 heteroatoms. The fourth-order valence-corrected chi connectivity index (χ4v) is 7.95. The Morgan fingerprint density at radius 3 is 2.54 bits per heavy atom. The third kappa shape index (κ3) is 8.31. The van der Waals surface area contributed by atoms with Gasteiger partial charge in [-0.3, -0.25) is 0 Å². The topological polar surface area (TPSA) is 103 Å². The van der Waals surface area contributed by atoms with E-state index in [1.54, 1.807) is 24.3 Å². The molecule has 48 heavy (non-hydrogen) atoms. The van der Waals surface area contributed by atoms with Gasteiger partial charge >= 0.3 is 6.18 Å². The number of fused-ring (bicyclic) bond motifs is 1. The minimum Gasteiger partial charge on any atom is -0.497 e. The lowest BCUT2D eigenvalue weighted by Gasteiger charge is -2.29. The Balaban J connectivity index is 1.31. The first kappa shape index (κ1) is 35.6. The zero-order valence-electron chi connectivity index (χ0n) is 25.9. The summed E-state index contributed by atoms with van der Waals surface area (Å²) in [6, 6.07) is 14.2. The predicted octanol–water partition coefficient (Wildman–Crippen LogP) is 7.44. The van der Waals surface area contributed by atoms with Crippen LogP contribution in [-0.4, -0.2) is 51.3 Å². The molecule has 5 rings (SSSR count). The largest absolute Gasteiger partial charge is 0.497 e. The van der Waals surface area contributed by atoms with Gasteiger partial charge in [0.1, 0.15) is 29.4 Å². The number of benzene rings is 3. The van der Waals surface area contributed by atoms with Crippen LogP contribution in [0.2, 0.25) is 0 Å². The molecule has 0 aliphatic carbocycles. The van der Waals surface area contributed by atoms with E-state index in [0.29, 0.717) is 40.4 Å². The number of aromatic nitrogens is 2. The fraction of sp³-hybridized carbons (Fsp3) is 0.375. The zero-order chi connectivity index (χ0) is 34.5. The van der Waals surface area contributed by atoms with Crippen LogP contribution in [0.3, 0.4) is 0 Å². The maximum absolute atomic E-state index is 14.1. The maximum atomic E-state index is 14.1. The van der Waals surface area contributed by atoms with Crippen molar-refractivity contribution in [1.82, 2.24) is 14.7 Å². The number of rotatable bonds is 14. The third-order valence-electron chi connectivity index (χ3n) is 8.05. The molecular formula is C32H33ClF4N4O5S2.